The van der Waals surface area contributed by atoms with Gasteiger partial charge in [-0.05, 0) is 47.9 Å². The maximum atomic E-state index is 11.7. The molecular formula is C21H18O3. The lowest BCUT2D eigenvalue weighted by molar-refractivity contribution is 0.0526. The Morgan fingerprint density at radius 1 is 0.875 bits per heavy atom. The number of ether oxygens (including phenoxy) is 1. The van der Waals surface area contributed by atoms with Crippen LogP contribution in [0.15, 0.2) is 72.8 Å². The fraction of sp³-hybridized carbons (Fsp3) is 0.0952. The maximum Gasteiger partial charge on any atom is 0.338 e. The number of carbonyl (C=O) groups is 1. The molecule has 0 saturated heterocycles. The highest BCUT2D eigenvalue weighted by Gasteiger charge is 2.09. The number of phenols is 1. The molecule has 0 spiro atoms. The lowest BCUT2D eigenvalue weighted by Gasteiger charge is -2.09. The molecule has 3 aromatic carbocycles. The molecule has 0 heterocycles. The Morgan fingerprint density at radius 2 is 1.54 bits per heavy atom. The molecule has 0 aromatic heterocycles. The first-order valence-corrected chi connectivity index (χ1v) is 7.85. The van der Waals surface area contributed by atoms with Crippen molar-refractivity contribution in [2.24, 2.45) is 0 Å². The SMILES string of the molecule is CCOC(=O)c1ccc(-c2ccc(O)c(-c3ccccc3)c2)cc1. The minimum absolute atomic E-state index is 0.244. The molecule has 120 valence electrons. The second kappa shape index (κ2) is 7.01. The van der Waals surface area contributed by atoms with Crippen molar-refractivity contribution >= 4 is 5.97 Å². The summed E-state index contributed by atoms with van der Waals surface area (Å²) in [4.78, 5) is 11.7. The predicted octanol–water partition coefficient (Wildman–Crippen LogP) is 4.90. The number of phenolic OH excluding ortho intramolecular Hbond substituents is 1. The van der Waals surface area contributed by atoms with Crippen LogP contribution in [-0.2, 0) is 4.74 Å². The smallest absolute Gasteiger partial charge is 0.338 e. The number of hydrogen-bond acceptors (Lipinski definition) is 3. The third-order valence-corrected chi connectivity index (χ3v) is 3.81. The van der Waals surface area contributed by atoms with Gasteiger partial charge in [-0.2, -0.15) is 0 Å². The van der Waals surface area contributed by atoms with Gasteiger partial charge < -0.3 is 9.84 Å². The maximum absolute atomic E-state index is 11.7. The molecule has 0 aliphatic rings. The molecule has 3 nitrogen and oxygen atoms in total. The van der Waals surface area contributed by atoms with E-state index in [-0.39, 0.29) is 11.7 Å². The lowest BCUT2D eigenvalue weighted by atomic mass is 9.97. The zero-order chi connectivity index (χ0) is 16.9. The van der Waals surface area contributed by atoms with Gasteiger partial charge in [0.15, 0.2) is 0 Å². The molecule has 0 aliphatic carbocycles. The van der Waals surface area contributed by atoms with E-state index in [4.69, 9.17) is 4.74 Å². The monoisotopic (exact) mass is 318 g/mol. The van der Waals surface area contributed by atoms with Crippen LogP contribution >= 0.6 is 0 Å². The standard InChI is InChI=1S/C21H18O3/c1-2-24-21(23)17-10-8-15(9-11-17)18-12-13-20(22)19(14-18)16-6-4-3-5-7-16/h3-14,22H,2H2,1H3. The number of rotatable bonds is 4. The van der Waals surface area contributed by atoms with Gasteiger partial charge in [0.1, 0.15) is 5.75 Å². The predicted molar refractivity (Wildman–Crippen MR) is 94.9 cm³/mol. The van der Waals surface area contributed by atoms with E-state index in [2.05, 4.69) is 0 Å². The summed E-state index contributed by atoms with van der Waals surface area (Å²) in [5.74, 6) is -0.0761. The van der Waals surface area contributed by atoms with Crippen LogP contribution in [0.5, 0.6) is 5.75 Å². The van der Waals surface area contributed by atoms with Crippen molar-refractivity contribution in [2.75, 3.05) is 6.61 Å². The summed E-state index contributed by atoms with van der Waals surface area (Å²) in [5, 5.41) is 10.2. The fourth-order valence-electron chi connectivity index (χ4n) is 2.58. The molecule has 3 heteroatoms. The molecule has 0 unspecified atom stereocenters. The Bertz CT molecular complexity index is 837. The van der Waals surface area contributed by atoms with Gasteiger partial charge in [0.2, 0.25) is 0 Å². The Hall–Kier alpha value is -3.07. The molecule has 0 bridgehead atoms. The molecule has 3 rings (SSSR count). The molecule has 0 aliphatic heterocycles. The van der Waals surface area contributed by atoms with E-state index in [0.29, 0.717) is 12.2 Å². The third-order valence-electron chi connectivity index (χ3n) is 3.81. The molecule has 0 saturated carbocycles. The summed E-state index contributed by atoms with van der Waals surface area (Å²) in [6.07, 6.45) is 0. The molecular weight excluding hydrogens is 300 g/mol. The zero-order valence-corrected chi connectivity index (χ0v) is 13.4. The van der Waals surface area contributed by atoms with Crippen molar-refractivity contribution < 1.29 is 14.6 Å². The molecule has 0 amide bonds. The first-order valence-electron chi connectivity index (χ1n) is 7.85. The summed E-state index contributed by atoms with van der Waals surface area (Å²) in [6.45, 7) is 2.15. The van der Waals surface area contributed by atoms with E-state index in [9.17, 15) is 9.90 Å². The van der Waals surface area contributed by atoms with E-state index in [1.165, 1.54) is 0 Å². The zero-order valence-electron chi connectivity index (χ0n) is 13.4. The Balaban J connectivity index is 1.94. The van der Waals surface area contributed by atoms with E-state index in [1.807, 2.05) is 54.6 Å². The van der Waals surface area contributed by atoms with Crippen LogP contribution < -0.4 is 0 Å². The fourth-order valence-corrected chi connectivity index (χ4v) is 2.58. The van der Waals surface area contributed by atoms with E-state index >= 15 is 0 Å². The summed E-state index contributed by atoms with van der Waals surface area (Å²) < 4.78 is 4.99. The van der Waals surface area contributed by atoms with Crippen molar-refractivity contribution in [3.05, 3.63) is 78.4 Å². The highest BCUT2D eigenvalue weighted by atomic mass is 16.5. The third kappa shape index (κ3) is 3.30. The molecule has 0 fully saturated rings. The van der Waals surface area contributed by atoms with Crippen molar-refractivity contribution in [3.63, 3.8) is 0 Å². The first-order chi connectivity index (χ1) is 11.7. The molecule has 24 heavy (non-hydrogen) atoms. The highest BCUT2D eigenvalue weighted by molar-refractivity contribution is 5.90. The summed E-state index contributed by atoms with van der Waals surface area (Å²) >= 11 is 0. The first kappa shape index (κ1) is 15.8. The van der Waals surface area contributed by atoms with E-state index in [0.717, 1.165) is 22.3 Å². The van der Waals surface area contributed by atoms with E-state index < -0.39 is 0 Å². The van der Waals surface area contributed by atoms with Crippen LogP contribution in [0, 0.1) is 0 Å². The van der Waals surface area contributed by atoms with Gasteiger partial charge in [-0.3, -0.25) is 0 Å². The van der Waals surface area contributed by atoms with E-state index in [1.54, 1.807) is 25.1 Å². The van der Waals surface area contributed by atoms with Crippen LogP contribution in [0.1, 0.15) is 17.3 Å². The summed E-state index contributed by atoms with van der Waals surface area (Å²) in [5.41, 5.74) is 4.22. The van der Waals surface area contributed by atoms with Crippen LogP contribution in [0.3, 0.4) is 0 Å². The van der Waals surface area contributed by atoms with Gasteiger partial charge >= 0.3 is 5.97 Å². The van der Waals surface area contributed by atoms with Crippen LogP contribution in [-0.4, -0.2) is 17.7 Å². The largest absolute Gasteiger partial charge is 0.507 e. The normalized spacial score (nSPS) is 10.4. The van der Waals surface area contributed by atoms with Gasteiger partial charge in [0.05, 0.1) is 12.2 Å². The average Bonchev–Trinajstić information content (AvgIpc) is 2.63. The van der Waals surface area contributed by atoms with Gasteiger partial charge in [-0.15, -0.1) is 0 Å². The number of esters is 1. The molecule has 0 atom stereocenters. The number of carbonyl (C=O) groups excluding carboxylic acids is 1. The van der Waals surface area contributed by atoms with Crippen LogP contribution in [0.4, 0.5) is 0 Å². The Labute approximate surface area is 141 Å². The molecule has 1 N–H and O–H groups in total. The van der Waals surface area contributed by atoms with Crippen LogP contribution in [0.2, 0.25) is 0 Å². The van der Waals surface area contributed by atoms with Crippen molar-refractivity contribution in [1.29, 1.82) is 0 Å². The summed E-state index contributed by atoms with van der Waals surface area (Å²) in [6, 6.07) is 22.5. The Morgan fingerprint density at radius 3 is 2.21 bits per heavy atom. The van der Waals surface area contributed by atoms with Crippen LogP contribution in [0.25, 0.3) is 22.3 Å². The quantitative estimate of drug-likeness (QED) is 0.696. The molecule has 3 aromatic rings. The highest BCUT2D eigenvalue weighted by Crippen LogP contribution is 2.33. The Kier molecular flexibility index (Phi) is 4.62. The van der Waals surface area contributed by atoms with Crippen molar-refractivity contribution in [1.82, 2.24) is 0 Å². The average molecular weight is 318 g/mol. The lowest BCUT2D eigenvalue weighted by Crippen LogP contribution is -2.03. The number of benzene rings is 3. The number of aromatic hydroxyl groups is 1. The van der Waals surface area contributed by atoms with Gasteiger partial charge in [-0.1, -0.05) is 48.5 Å². The second-order valence-corrected chi connectivity index (χ2v) is 5.40. The van der Waals surface area contributed by atoms with Gasteiger partial charge in [0, 0.05) is 5.56 Å². The molecule has 0 radical (unpaired) electrons. The minimum Gasteiger partial charge on any atom is -0.507 e. The second-order valence-electron chi connectivity index (χ2n) is 5.40. The topological polar surface area (TPSA) is 46.5 Å². The summed E-state index contributed by atoms with van der Waals surface area (Å²) in [7, 11) is 0. The van der Waals surface area contributed by atoms with Crippen molar-refractivity contribution in [2.45, 2.75) is 6.92 Å². The minimum atomic E-state index is -0.320. The number of hydrogen-bond donors (Lipinski definition) is 1. The van der Waals surface area contributed by atoms with Crippen molar-refractivity contribution in [3.8, 4) is 28.0 Å². The van der Waals surface area contributed by atoms with Gasteiger partial charge in [-0.25, -0.2) is 4.79 Å². The van der Waals surface area contributed by atoms with Gasteiger partial charge in [0.25, 0.3) is 0 Å².